The van der Waals surface area contributed by atoms with E-state index in [9.17, 15) is 4.79 Å². The van der Waals surface area contributed by atoms with Gasteiger partial charge in [0.2, 0.25) is 5.91 Å². The smallest absolute Gasteiger partial charge is 0.228 e. The molecule has 0 aliphatic carbocycles. The predicted molar refractivity (Wildman–Crippen MR) is 95.4 cm³/mol. The van der Waals surface area contributed by atoms with Gasteiger partial charge in [-0.15, -0.1) is 11.3 Å². The number of nitrogens with zero attached hydrogens (tertiary/aromatic N) is 3. The highest BCUT2D eigenvalue weighted by Gasteiger charge is 2.54. The fourth-order valence-corrected chi connectivity index (χ4v) is 4.69. The first-order chi connectivity index (χ1) is 12.2. The Morgan fingerprint density at radius 3 is 3.20 bits per heavy atom. The van der Waals surface area contributed by atoms with Crippen molar-refractivity contribution in [2.24, 2.45) is 11.3 Å². The second-order valence-electron chi connectivity index (χ2n) is 6.88. The Morgan fingerprint density at radius 1 is 1.52 bits per heavy atom. The second kappa shape index (κ2) is 6.72. The molecule has 2 aromatic rings. The minimum Gasteiger partial charge on any atom is -0.492 e. The molecule has 25 heavy (non-hydrogen) atoms. The molecule has 132 valence electrons. The van der Waals surface area contributed by atoms with Gasteiger partial charge < -0.3 is 10.1 Å². The highest BCUT2D eigenvalue weighted by molar-refractivity contribution is 7.09. The van der Waals surface area contributed by atoms with Gasteiger partial charge >= 0.3 is 0 Å². The number of hydrogen-bond acceptors (Lipinski definition) is 6. The monoisotopic (exact) mass is 358 g/mol. The summed E-state index contributed by atoms with van der Waals surface area (Å²) in [5.41, 5.74) is 2.66. The fraction of sp³-hybridized carbons (Fsp3) is 0.500. The molecule has 1 spiro atoms. The number of thiazole rings is 1. The molecule has 0 saturated carbocycles. The van der Waals surface area contributed by atoms with E-state index in [1.54, 1.807) is 23.7 Å². The molecule has 4 heterocycles. The van der Waals surface area contributed by atoms with Crippen molar-refractivity contribution in [3.63, 3.8) is 0 Å². The Balaban J connectivity index is 1.43. The average molecular weight is 358 g/mol. The van der Waals surface area contributed by atoms with Gasteiger partial charge in [-0.1, -0.05) is 0 Å². The van der Waals surface area contributed by atoms with Crippen LogP contribution in [0.2, 0.25) is 0 Å². The number of nitrogens with one attached hydrogen (secondary N) is 1. The van der Waals surface area contributed by atoms with Crippen LogP contribution in [0.5, 0.6) is 5.75 Å². The second-order valence-corrected chi connectivity index (χ2v) is 7.82. The molecule has 6 nitrogen and oxygen atoms in total. The molecular weight excluding hydrogens is 336 g/mol. The number of pyridine rings is 1. The first kappa shape index (κ1) is 16.5. The maximum Gasteiger partial charge on any atom is 0.228 e. The van der Waals surface area contributed by atoms with Gasteiger partial charge in [-0.2, -0.15) is 0 Å². The zero-order valence-corrected chi connectivity index (χ0v) is 15.1. The summed E-state index contributed by atoms with van der Waals surface area (Å²) in [5.74, 6) is 1.12. The SMILES string of the molecule is Cc1ncsc1CN1CC[C@@]2(C1)C(=O)NC[C@H]2COc1cccnc1. The first-order valence-electron chi connectivity index (χ1n) is 8.60. The summed E-state index contributed by atoms with van der Waals surface area (Å²) in [6.45, 7) is 5.88. The molecule has 0 aromatic carbocycles. The standard InChI is InChI=1S/C18H22N4O2S/c1-13-16(25-12-21-13)9-22-6-4-18(11-22)14(7-20-17(18)23)10-24-15-3-2-5-19-8-15/h2-3,5,8,12,14H,4,6-7,9-11H2,1H3,(H,20,23)/t14-,18-/m0/s1. The van der Waals surface area contributed by atoms with Crippen LogP contribution >= 0.6 is 11.3 Å². The van der Waals surface area contributed by atoms with Crippen molar-refractivity contribution in [2.45, 2.75) is 19.9 Å². The quantitative estimate of drug-likeness (QED) is 0.884. The van der Waals surface area contributed by atoms with E-state index >= 15 is 0 Å². The van der Waals surface area contributed by atoms with E-state index in [0.29, 0.717) is 13.2 Å². The predicted octanol–water partition coefficient (Wildman–Crippen LogP) is 1.86. The number of ether oxygens (including phenoxy) is 1. The van der Waals surface area contributed by atoms with Crippen molar-refractivity contribution >= 4 is 17.2 Å². The van der Waals surface area contributed by atoms with Gasteiger partial charge in [-0.05, 0) is 32.0 Å². The summed E-state index contributed by atoms with van der Waals surface area (Å²) < 4.78 is 5.90. The molecule has 4 rings (SSSR count). The van der Waals surface area contributed by atoms with Gasteiger partial charge in [0, 0.05) is 36.6 Å². The summed E-state index contributed by atoms with van der Waals surface area (Å²) in [4.78, 5) is 24.7. The lowest BCUT2D eigenvalue weighted by Crippen LogP contribution is -2.40. The zero-order valence-electron chi connectivity index (χ0n) is 14.3. The maximum atomic E-state index is 12.6. The molecule has 7 heteroatoms. The molecule has 0 unspecified atom stereocenters. The third kappa shape index (κ3) is 3.14. The Kier molecular flexibility index (Phi) is 4.43. The van der Waals surface area contributed by atoms with E-state index < -0.39 is 0 Å². The van der Waals surface area contributed by atoms with Crippen molar-refractivity contribution in [1.82, 2.24) is 20.2 Å². The third-order valence-corrected chi connectivity index (χ3v) is 6.34. The van der Waals surface area contributed by atoms with Crippen LogP contribution in [0.3, 0.4) is 0 Å². The molecule has 1 N–H and O–H groups in total. The number of carbonyl (C=O) groups is 1. The van der Waals surface area contributed by atoms with Crippen molar-refractivity contribution in [1.29, 1.82) is 0 Å². The topological polar surface area (TPSA) is 67.4 Å². The minimum absolute atomic E-state index is 0.177. The van der Waals surface area contributed by atoms with Crippen LogP contribution in [-0.2, 0) is 11.3 Å². The Hall–Kier alpha value is -1.99. The molecular formula is C18H22N4O2S. The lowest BCUT2D eigenvalue weighted by Gasteiger charge is -2.28. The van der Waals surface area contributed by atoms with Crippen LogP contribution < -0.4 is 10.1 Å². The van der Waals surface area contributed by atoms with Gasteiger partial charge in [0.1, 0.15) is 5.75 Å². The van der Waals surface area contributed by atoms with E-state index in [0.717, 1.165) is 37.5 Å². The highest BCUT2D eigenvalue weighted by Crippen LogP contribution is 2.42. The Labute approximate surface area is 151 Å². The van der Waals surface area contributed by atoms with Gasteiger partial charge in [0.15, 0.2) is 0 Å². The van der Waals surface area contributed by atoms with Gasteiger partial charge in [0.25, 0.3) is 0 Å². The Morgan fingerprint density at radius 2 is 2.44 bits per heavy atom. The van der Waals surface area contributed by atoms with Crippen molar-refractivity contribution in [3.8, 4) is 5.75 Å². The summed E-state index contributed by atoms with van der Waals surface area (Å²) >= 11 is 1.69. The van der Waals surface area contributed by atoms with E-state index in [-0.39, 0.29) is 17.2 Å². The lowest BCUT2D eigenvalue weighted by molar-refractivity contribution is -0.128. The Bertz CT molecular complexity index is 751. The van der Waals surface area contributed by atoms with Crippen LogP contribution in [0.1, 0.15) is 17.0 Å². The van der Waals surface area contributed by atoms with Crippen LogP contribution in [-0.4, -0.2) is 47.0 Å². The summed E-state index contributed by atoms with van der Waals surface area (Å²) in [6, 6.07) is 3.76. The number of carbonyl (C=O) groups excluding carboxylic acids is 1. The van der Waals surface area contributed by atoms with Crippen LogP contribution in [0.4, 0.5) is 0 Å². The molecule has 2 fully saturated rings. The van der Waals surface area contributed by atoms with Crippen molar-refractivity contribution in [3.05, 3.63) is 40.6 Å². The molecule has 0 bridgehead atoms. The molecule has 1 amide bonds. The average Bonchev–Trinajstić information content (AvgIpc) is 3.31. The van der Waals surface area contributed by atoms with E-state index in [1.807, 2.05) is 24.6 Å². The summed E-state index contributed by atoms with van der Waals surface area (Å²) in [5, 5.41) is 3.06. The molecule has 0 radical (unpaired) electrons. The fourth-order valence-electron chi connectivity index (χ4n) is 3.87. The largest absolute Gasteiger partial charge is 0.492 e. The minimum atomic E-state index is -0.333. The molecule has 2 aromatic heterocycles. The van der Waals surface area contributed by atoms with Gasteiger partial charge in [-0.3, -0.25) is 14.7 Å². The van der Waals surface area contributed by atoms with Crippen molar-refractivity contribution < 1.29 is 9.53 Å². The molecule has 2 atom stereocenters. The van der Waals surface area contributed by atoms with Crippen LogP contribution in [0, 0.1) is 18.3 Å². The van der Waals surface area contributed by atoms with Crippen molar-refractivity contribution in [2.75, 3.05) is 26.2 Å². The third-order valence-electron chi connectivity index (χ3n) is 5.42. The number of hydrogen-bond donors (Lipinski definition) is 1. The molecule has 2 aliphatic heterocycles. The number of rotatable bonds is 5. The van der Waals surface area contributed by atoms with Gasteiger partial charge in [-0.25, -0.2) is 4.98 Å². The number of likely N-dealkylation sites (tertiary alicyclic amines) is 1. The van der Waals surface area contributed by atoms with Gasteiger partial charge in [0.05, 0.1) is 29.4 Å². The maximum absolute atomic E-state index is 12.6. The number of aryl methyl sites for hydroxylation is 1. The first-order valence-corrected chi connectivity index (χ1v) is 9.48. The van der Waals surface area contributed by atoms with E-state index in [2.05, 4.69) is 20.2 Å². The highest BCUT2D eigenvalue weighted by atomic mass is 32.1. The normalized spacial score (nSPS) is 26.3. The number of aromatic nitrogens is 2. The summed E-state index contributed by atoms with van der Waals surface area (Å²) in [6.07, 6.45) is 4.33. The van der Waals surface area contributed by atoms with E-state index in [4.69, 9.17) is 4.74 Å². The zero-order chi connectivity index (χ0) is 17.3. The van der Waals surface area contributed by atoms with Crippen LogP contribution in [0.25, 0.3) is 0 Å². The van der Waals surface area contributed by atoms with Crippen LogP contribution in [0.15, 0.2) is 30.0 Å². The summed E-state index contributed by atoms with van der Waals surface area (Å²) in [7, 11) is 0. The van der Waals surface area contributed by atoms with E-state index in [1.165, 1.54) is 4.88 Å². The lowest BCUT2D eigenvalue weighted by atomic mass is 9.77. The molecule has 2 saturated heterocycles. The molecule has 2 aliphatic rings. The number of amides is 1.